The Balaban J connectivity index is 3.48. The summed E-state index contributed by atoms with van der Waals surface area (Å²) in [7, 11) is 1.79. The van der Waals surface area contributed by atoms with Gasteiger partial charge in [-0.1, -0.05) is 46.0 Å². The normalized spacial score (nSPS) is 12.9. The number of hydrogen-bond donors (Lipinski definition) is 1. The van der Waals surface area contributed by atoms with Crippen LogP contribution in [0, 0.1) is 0 Å². The Kier molecular flexibility index (Phi) is 12.9. The van der Waals surface area contributed by atoms with E-state index in [2.05, 4.69) is 19.2 Å². The summed E-state index contributed by atoms with van der Waals surface area (Å²) < 4.78 is 5.16. The molecule has 2 heteroatoms. The van der Waals surface area contributed by atoms with Crippen LogP contribution in [0.5, 0.6) is 0 Å². The molecule has 0 saturated carbocycles. The van der Waals surface area contributed by atoms with Crippen LogP contribution in [0.3, 0.4) is 0 Å². The van der Waals surface area contributed by atoms with Gasteiger partial charge >= 0.3 is 0 Å². The summed E-state index contributed by atoms with van der Waals surface area (Å²) in [6, 6.07) is 0.668. The van der Waals surface area contributed by atoms with Crippen molar-refractivity contribution in [3.8, 4) is 0 Å². The fourth-order valence-corrected chi connectivity index (χ4v) is 1.95. The van der Waals surface area contributed by atoms with Gasteiger partial charge in [0.1, 0.15) is 0 Å². The van der Waals surface area contributed by atoms with E-state index in [0.717, 1.165) is 19.6 Å². The smallest absolute Gasteiger partial charge is 0.0477 e. The molecule has 1 unspecified atom stereocenters. The number of methoxy groups -OCH3 is 1. The minimum Gasteiger partial charge on any atom is -0.385 e. The zero-order chi connectivity index (χ0) is 12.1. The maximum atomic E-state index is 5.16. The number of unbranched alkanes of at least 4 members (excludes halogenated alkanes) is 4. The molecule has 1 N–H and O–H groups in total. The fourth-order valence-electron chi connectivity index (χ4n) is 1.95. The van der Waals surface area contributed by atoms with Crippen molar-refractivity contribution in [3.63, 3.8) is 0 Å². The molecular formula is C14H31NO. The summed E-state index contributed by atoms with van der Waals surface area (Å²) in [6.07, 6.45) is 10.6. The van der Waals surface area contributed by atoms with Crippen molar-refractivity contribution in [1.29, 1.82) is 0 Å². The van der Waals surface area contributed by atoms with Crippen LogP contribution in [0.4, 0.5) is 0 Å². The first kappa shape index (κ1) is 15.9. The van der Waals surface area contributed by atoms with Crippen LogP contribution in [0.25, 0.3) is 0 Å². The van der Waals surface area contributed by atoms with E-state index in [1.54, 1.807) is 7.11 Å². The third-order valence-corrected chi connectivity index (χ3v) is 3.01. The van der Waals surface area contributed by atoms with Crippen LogP contribution < -0.4 is 5.32 Å². The van der Waals surface area contributed by atoms with Crippen LogP contribution in [0.15, 0.2) is 0 Å². The van der Waals surface area contributed by atoms with Gasteiger partial charge in [0.25, 0.3) is 0 Å². The van der Waals surface area contributed by atoms with E-state index in [4.69, 9.17) is 4.74 Å². The SMILES string of the molecule is CCCCCCCC(CCOC)NCCC. The van der Waals surface area contributed by atoms with Crippen LogP contribution in [-0.2, 0) is 4.74 Å². The van der Waals surface area contributed by atoms with Gasteiger partial charge in [0.2, 0.25) is 0 Å². The van der Waals surface area contributed by atoms with Gasteiger partial charge < -0.3 is 10.1 Å². The van der Waals surface area contributed by atoms with Crippen molar-refractivity contribution in [3.05, 3.63) is 0 Å². The summed E-state index contributed by atoms with van der Waals surface area (Å²) in [5.41, 5.74) is 0. The van der Waals surface area contributed by atoms with Crippen LogP contribution in [-0.4, -0.2) is 26.3 Å². The average molecular weight is 229 g/mol. The standard InChI is InChI=1S/C14H31NO/c1-4-6-7-8-9-10-14(11-13-16-3)15-12-5-2/h14-15H,4-13H2,1-3H3. The minimum atomic E-state index is 0.668. The average Bonchev–Trinajstić information content (AvgIpc) is 2.31. The molecule has 0 radical (unpaired) electrons. The highest BCUT2D eigenvalue weighted by Crippen LogP contribution is 2.09. The first-order chi connectivity index (χ1) is 7.85. The number of ether oxygens (including phenoxy) is 1. The predicted molar refractivity (Wildman–Crippen MR) is 72.0 cm³/mol. The Hall–Kier alpha value is -0.0800. The predicted octanol–water partition coefficient (Wildman–Crippen LogP) is 3.75. The van der Waals surface area contributed by atoms with Crippen molar-refractivity contribution >= 4 is 0 Å². The topological polar surface area (TPSA) is 21.3 Å². The first-order valence-corrected chi connectivity index (χ1v) is 7.07. The van der Waals surface area contributed by atoms with Crippen LogP contribution in [0.2, 0.25) is 0 Å². The van der Waals surface area contributed by atoms with Crippen molar-refractivity contribution in [2.45, 2.75) is 71.3 Å². The maximum absolute atomic E-state index is 5.16. The Morgan fingerprint density at radius 3 is 2.31 bits per heavy atom. The van der Waals surface area contributed by atoms with Gasteiger partial charge in [0, 0.05) is 19.8 Å². The molecule has 0 aromatic rings. The highest BCUT2D eigenvalue weighted by molar-refractivity contribution is 4.66. The molecule has 16 heavy (non-hydrogen) atoms. The van der Waals surface area contributed by atoms with Crippen molar-refractivity contribution in [2.24, 2.45) is 0 Å². The van der Waals surface area contributed by atoms with Crippen molar-refractivity contribution in [2.75, 3.05) is 20.3 Å². The third kappa shape index (κ3) is 10.4. The number of nitrogens with one attached hydrogen (secondary N) is 1. The molecule has 0 spiro atoms. The van der Waals surface area contributed by atoms with Crippen LogP contribution in [0.1, 0.15) is 65.2 Å². The second-order valence-corrected chi connectivity index (χ2v) is 4.64. The summed E-state index contributed by atoms with van der Waals surface area (Å²) in [4.78, 5) is 0. The van der Waals surface area contributed by atoms with Gasteiger partial charge in [0.15, 0.2) is 0 Å². The van der Waals surface area contributed by atoms with E-state index in [9.17, 15) is 0 Å². The summed E-state index contributed by atoms with van der Waals surface area (Å²) in [5.74, 6) is 0. The molecule has 0 bridgehead atoms. The molecular weight excluding hydrogens is 198 g/mol. The second-order valence-electron chi connectivity index (χ2n) is 4.64. The molecule has 0 aliphatic rings. The zero-order valence-corrected chi connectivity index (χ0v) is 11.6. The number of rotatable bonds is 12. The van der Waals surface area contributed by atoms with E-state index in [1.807, 2.05) is 0 Å². The van der Waals surface area contributed by atoms with Gasteiger partial charge in [-0.2, -0.15) is 0 Å². The van der Waals surface area contributed by atoms with E-state index >= 15 is 0 Å². The molecule has 0 amide bonds. The molecule has 98 valence electrons. The molecule has 0 aromatic carbocycles. The molecule has 0 heterocycles. The molecule has 2 nitrogen and oxygen atoms in total. The highest BCUT2D eigenvalue weighted by atomic mass is 16.5. The quantitative estimate of drug-likeness (QED) is 0.515. The Morgan fingerprint density at radius 1 is 0.938 bits per heavy atom. The van der Waals surface area contributed by atoms with Crippen molar-refractivity contribution in [1.82, 2.24) is 5.32 Å². The largest absolute Gasteiger partial charge is 0.385 e. The Bertz CT molecular complexity index is 120. The lowest BCUT2D eigenvalue weighted by Crippen LogP contribution is -2.30. The first-order valence-electron chi connectivity index (χ1n) is 7.07. The number of hydrogen-bond acceptors (Lipinski definition) is 2. The molecule has 0 aliphatic carbocycles. The Labute approximate surface area is 102 Å². The lowest BCUT2D eigenvalue weighted by Gasteiger charge is -2.17. The molecule has 0 aromatic heterocycles. The molecule has 0 aliphatic heterocycles. The van der Waals surface area contributed by atoms with Gasteiger partial charge in [-0.3, -0.25) is 0 Å². The maximum Gasteiger partial charge on any atom is 0.0477 e. The van der Waals surface area contributed by atoms with Gasteiger partial charge in [-0.05, 0) is 25.8 Å². The second kappa shape index (κ2) is 13.0. The van der Waals surface area contributed by atoms with E-state index in [0.29, 0.717) is 6.04 Å². The monoisotopic (exact) mass is 229 g/mol. The molecule has 1 atom stereocenters. The molecule has 0 saturated heterocycles. The van der Waals surface area contributed by atoms with E-state index < -0.39 is 0 Å². The van der Waals surface area contributed by atoms with Gasteiger partial charge in [0.05, 0.1) is 0 Å². The summed E-state index contributed by atoms with van der Waals surface area (Å²) in [6.45, 7) is 6.52. The molecule has 0 rings (SSSR count). The van der Waals surface area contributed by atoms with Crippen molar-refractivity contribution < 1.29 is 4.74 Å². The summed E-state index contributed by atoms with van der Waals surface area (Å²) >= 11 is 0. The Morgan fingerprint density at radius 2 is 1.69 bits per heavy atom. The third-order valence-electron chi connectivity index (χ3n) is 3.01. The summed E-state index contributed by atoms with van der Waals surface area (Å²) in [5, 5.41) is 3.62. The zero-order valence-electron chi connectivity index (χ0n) is 11.6. The van der Waals surface area contributed by atoms with E-state index in [-0.39, 0.29) is 0 Å². The van der Waals surface area contributed by atoms with E-state index in [1.165, 1.54) is 44.9 Å². The van der Waals surface area contributed by atoms with Crippen LogP contribution >= 0.6 is 0 Å². The molecule has 0 fully saturated rings. The highest BCUT2D eigenvalue weighted by Gasteiger charge is 2.06. The lowest BCUT2D eigenvalue weighted by molar-refractivity contribution is 0.180. The fraction of sp³-hybridized carbons (Fsp3) is 1.00. The van der Waals surface area contributed by atoms with Gasteiger partial charge in [-0.15, -0.1) is 0 Å². The lowest BCUT2D eigenvalue weighted by atomic mass is 10.0. The van der Waals surface area contributed by atoms with Gasteiger partial charge in [-0.25, -0.2) is 0 Å². The minimum absolute atomic E-state index is 0.668.